The number of nitrogens with zero attached hydrogens (tertiary/aromatic N) is 1. The number of hydrogen-bond acceptors (Lipinski definition) is 5. The molecule has 0 spiro atoms. The second-order valence-corrected chi connectivity index (χ2v) is 4.51. The van der Waals surface area contributed by atoms with E-state index in [9.17, 15) is 14.4 Å². The van der Waals surface area contributed by atoms with E-state index in [1.807, 2.05) is 0 Å². The number of carboxylic acid groups (broad SMARTS) is 1. The van der Waals surface area contributed by atoms with E-state index in [2.05, 4.69) is 4.74 Å². The molecule has 7 nitrogen and oxygen atoms in total. The van der Waals surface area contributed by atoms with Gasteiger partial charge in [0, 0.05) is 0 Å². The number of rotatable bonds is 6. The lowest BCUT2D eigenvalue weighted by Gasteiger charge is -2.28. The van der Waals surface area contributed by atoms with Gasteiger partial charge in [0.25, 0.3) is 5.91 Å². The lowest BCUT2D eigenvalue weighted by atomic mass is 10.2. The summed E-state index contributed by atoms with van der Waals surface area (Å²) in [5.74, 6) is -2.68. The molecule has 0 aliphatic heterocycles. The summed E-state index contributed by atoms with van der Waals surface area (Å²) in [7, 11) is 0. The Kier molecular flexibility index (Phi) is 6.32. The van der Waals surface area contributed by atoms with Crippen LogP contribution in [0, 0.1) is 0 Å². The molecule has 0 fully saturated rings. The lowest BCUT2D eigenvalue weighted by Crippen LogP contribution is -2.42. The molecule has 0 saturated carbocycles. The van der Waals surface area contributed by atoms with Crippen molar-refractivity contribution in [2.24, 2.45) is 0 Å². The lowest BCUT2D eigenvalue weighted by molar-refractivity contribution is -0.229. The largest absolute Gasteiger partial charge is 0.480 e. The maximum atomic E-state index is 11.7. The standard InChI is InChI=1S/C11H19NO6/c1-5-17-10(16)6-8(13)12(7-9(14)15)18-11(2,3)4/h5-7H2,1-4H3,(H,14,15). The van der Waals surface area contributed by atoms with Crippen LogP contribution in [0.4, 0.5) is 0 Å². The van der Waals surface area contributed by atoms with E-state index in [1.54, 1.807) is 27.7 Å². The van der Waals surface area contributed by atoms with Gasteiger partial charge in [-0.25, -0.2) is 5.06 Å². The monoisotopic (exact) mass is 261 g/mol. The van der Waals surface area contributed by atoms with Crippen LogP contribution in [0.15, 0.2) is 0 Å². The van der Waals surface area contributed by atoms with Crippen LogP contribution in [-0.4, -0.2) is 46.8 Å². The molecule has 1 amide bonds. The van der Waals surface area contributed by atoms with Crippen LogP contribution in [0.25, 0.3) is 0 Å². The molecule has 0 bridgehead atoms. The van der Waals surface area contributed by atoms with E-state index in [1.165, 1.54) is 0 Å². The van der Waals surface area contributed by atoms with Gasteiger partial charge < -0.3 is 9.84 Å². The Balaban J connectivity index is 4.59. The van der Waals surface area contributed by atoms with Crippen LogP contribution in [0.5, 0.6) is 0 Å². The molecule has 0 aromatic rings. The minimum Gasteiger partial charge on any atom is -0.480 e. The van der Waals surface area contributed by atoms with Gasteiger partial charge in [0.1, 0.15) is 13.0 Å². The number of esters is 1. The van der Waals surface area contributed by atoms with Crippen LogP contribution in [-0.2, 0) is 24.0 Å². The van der Waals surface area contributed by atoms with Gasteiger partial charge in [-0.2, -0.15) is 0 Å². The predicted octanol–water partition coefficient (Wildman–Crippen LogP) is 0.583. The zero-order chi connectivity index (χ0) is 14.3. The molecule has 0 atom stereocenters. The van der Waals surface area contributed by atoms with Crippen molar-refractivity contribution in [2.45, 2.75) is 39.7 Å². The molecule has 1 N–H and O–H groups in total. The molecular formula is C11H19NO6. The highest BCUT2D eigenvalue weighted by molar-refractivity contribution is 5.94. The Morgan fingerprint density at radius 1 is 1.22 bits per heavy atom. The van der Waals surface area contributed by atoms with Crippen molar-refractivity contribution >= 4 is 17.8 Å². The van der Waals surface area contributed by atoms with Gasteiger partial charge in [-0.05, 0) is 27.7 Å². The second-order valence-electron chi connectivity index (χ2n) is 4.51. The first kappa shape index (κ1) is 16.4. The fourth-order valence-electron chi connectivity index (χ4n) is 1.05. The summed E-state index contributed by atoms with van der Waals surface area (Å²) < 4.78 is 4.61. The molecule has 18 heavy (non-hydrogen) atoms. The molecule has 0 rings (SSSR count). The Hall–Kier alpha value is -1.63. The molecule has 0 radical (unpaired) electrons. The van der Waals surface area contributed by atoms with E-state index >= 15 is 0 Å². The van der Waals surface area contributed by atoms with E-state index in [4.69, 9.17) is 9.94 Å². The molecule has 0 aromatic heterocycles. The van der Waals surface area contributed by atoms with Crippen molar-refractivity contribution < 1.29 is 29.1 Å². The van der Waals surface area contributed by atoms with Crippen molar-refractivity contribution in [3.8, 4) is 0 Å². The fraction of sp³-hybridized carbons (Fsp3) is 0.727. The van der Waals surface area contributed by atoms with E-state index in [0.717, 1.165) is 0 Å². The molecule has 0 aliphatic rings. The molecule has 0 heterocycles. The topological polar surface area (TPSA) is 93.1 Å². The van der Waals surface area contributed by atoms with Crippen LogP contribution in [0.3, 0.4) is 0 Å². The molecular weight excluding hydrogens is 242 g/mol. The molecule has 0 unspecified atom stereocenters. The maximum absolute atomic E-state index is 11.7. The van der Waals surface area contributed by atoms with Gasteiger partial charge in [-0.1, -0.05) is 0 Å². The number of ether oxygens (including phenoxy) is 1. The minimum absolute atomic E-state index is 0.158. The van der Waals surface area contributed by atoms with Gasteiger partial charge in [-0.15, -0.1) is 0 Å². The smallest absolute Gasteiger partial charge is 0.325 e. The highest BCUT2D eigenvalue weighted by Gasteiger charge is 2.26. The van der Waals surface area contributed by atoms with Gasteiger partial charge in [-0.3, -0.25) is 19.2 Å². The SMILES string of the molecule is CCOC(=O)CC(=O)N(CC(=O)O)OC(C)(C)C. The number of aliphatic carboxylic acids is 1. The summed E-state index contributed by atoms with van der Waals surface area (Å²) in [5, 5.41) is 9.34. The first-order valence-corrected chi connectivity index (χ1v) is 5.52. The summed E-state index contributed by atoms with van der Waals surface area (Å²) in [5.41, 5.74) is -0.736. The van der Waals surface area contributed by atoms with Gasteiger partial charge in [0.2, 0.25) is 0 Å². The van der Waals surface area contributed by atoms with Crippen LogP contribution in [0.2, 0.25) is 0 Å². The van der Waals surface area contributed by atoms with Gasteiger partial charge in [0.05, 0.1) is 12.2 Å². The number of amides is 1. The first-order chi connectivity index (χ1) is 8.15. The quantitative estimate of drug-likeness (QED) is 0.427. The Bertz CT molecular complexity index is 320. The Labute approximate surface area is 106 Å². The highest BCUT2D eigenvalue weighted by atomic mass is 16.7. The average molecular weight is 261 g/mol. The average Bonchev–Trinajstić information content (AvgIpc) is 2.13. The molecule has 0 aromatic carbocycles. The number of hydroxylamine groups is 2. The van der Waals surface area contributed by atoms with E-state index in [0.29, 0.717) is 5.06 Å². The number of carbonyl (C=O) groups is 3. The number of hydrogen-bond donors (Lipinski definition) is 1. The summed E-state index contributed by atoms with van der Waals surface area (Å²) in [6, 6.07) is 0. The van der Waals surface area contributed by atoms with Gasteiger partial charge >= 0.3 is 11.9 Å². The fourth-order valence-corrected chi connectivity index (χ4v) is 1.05. The zero-order valence-corrected chi connectivity index (χ0v) is 11.1. The highest BCUT2D eigenvalue weighted by Crippen LogP contribution is 2.11. The van der Waals surface area contributed by atoms with Crippen molar-refractivity contribution in [2.75, 3.05) is 13.2 Å². The Morgan fingerprint density at radius 2 is 1.78 bits per heavy atom. The molecule has 0 saturated heterocycles. The number of carboxylic acids is 1. The summed E-state index contributed by atoms with van der Waals surface area (Å²) in [6.45, 7) is 6.14. The van der Waals surface area contributed by atoms with Crippen LogP contribution >= 0.6 is 0 Å². The third kappa shape index (κ3) is 7.61. The summed E-state index contributed by atoms with van der Waals surface area (Å²) in [6.07, 6.45) is -0.544. The third-order valence-electron chi connectivity index (χ3n) is 1.54. The predicted molar refractivity (Wildman–Crippen MR) is 61.4 cm³/mol. The number of carbonyl (C=O) groups excluding carboxylic acids is 2. The molecule has 104 valence electrons. The van der Waals surface area contributed by atoms with Gasteiger partial charge in [0.15, 0.2) is 0 Å². The maximum Gasteiger partial charge on any atom is 0.325 e. The summed E-state index contributed by atoms with van der Waals surface area (Å²) >= 11 is 0. The van der Waals surface area contributed by atoms with Crippen LogP contribution < -0.4 is 0 Å². The van der Waals surface area contributed by atoms with Crippen LogP contribution in [0.1, 0.15) is 34.1 Å². The normalized spacial score (nSPS) is 10.9. The van der Waals surface area contributed by atoms with Crippen molar-refractivity contribution in [1.82, 2.24) is 5.06 Å². The Morgan fingerprint density at radius 3 is 2.17 bits per heavy atom. The van der Waals surface area contributed by atoms with E-state index < -0.39 is 36.4 Å². The zero-order valence-electron chi connectivity index (χ0n) is 11.1. The van der Waals surface area contributed by atoms with Crippen molar-refractivity contribution in [3.63, 3.8) is 0 Å². The summed E-state index contributed by atoms with van der Waals surface area (Å²) in [4.78, 5) is 38.6. The second kappa shape index (κ2) is 6.95. The van der Waals surface area contributed by atoms with Crippen molar-refractivity contribution in [1.29, 1.82) is 0 Å². The van der Waals surface area contributed by atoms with E-state index in [-0.39, 0.29) is 6.61 Å². The first-order valence-electron chi connectivity index (χ1n) is 5.52. The molecule has 7 heteroatoms. The third-order valence-corrected chi connectivity index (χ3v) is 1.54. The minimum atomic E-state index is -1.23. The van der Waals surface area contributed by atoms with Crippen molar-refractivity contribution in [3.05, 3.63) is 0 Å². The molecule has 0 aliphatic carbocycles.